The van der Waals surface area contributed by atoms with Gasteiger partial charge in [-0.3, -0.25) is 24.0 Å². The molecule has 3 aliphatic heterocycles. The lowest BCUT2D eigenvalue weighted by molar-refractivity contribution is -0.445. The summed E-state index contributed by atoms with van der Waals surface area (Å²) in [5.74, 6) is -7.53. The molecule has 0 radical (unpaired) electrons. The van der Waals surface area contributed by atoms with Crippen LogP contribution in [0.25, 0.3) is 0 Å². The summed E-state index contributed by atoms with van der Waals surface area (Å²) < 4.78 is 49.9. The van der Waals surface area contributed by atoms with Crippen molar-refractivity contribution >= 4 is 29.7 Å². The summed E-state index contributed by atoms with van der Waals surface area (Å²) in [5, 5.41) is 13.7. The van der Waals surface area contributed by atoms with E-state index in [-0.39, 0.29) is 19.3 Å². The maximum absolute atomic E-state index is 14.5. The number of esters is 4. The van der Waals surface area contributed by atoms with Crippen molar-refractivity contribution in [1.29, 1.82) is 0 Å². The van der Waals surface area contributed by atoms with Gasteiger partial charge in [0.25, 0.3) is 6.48 Å². The zero-order valence-electron chi connectivity index (χ0n) is 30.7. The molecule has 3 saturated heterocycles. The molecule has 0 amide bonds. The van der Waals surface area contributed by atoms with Crippen LogP contribution in [-0.4, -0.2) is 83.0 Å². The minimum Gasteiger partial charge on any atom is -0.472 e. The second-order valence-corrected chi connectivity index (χ2v) is 16.7. The predicted octanol–water partition coefficient (Wildman–Crippen LogP) is 3.57. The highest BCUT2D eigenvalue weighted by Gasteiger charge is 3.02. The molecule has 13 atom stereocenters. The van der Waals surface area contributed by atoms with Crippen molar-refractivity contribution in [2.24, 2.45) is 39.9 Å². The fourth-order valence-corrected chi connectivity index (χ4v) is 12.5. The van der Waals surface area contributed by atoms with Gasteiger partial charge >= 0.3 is 23.9 Å². The number of fused-ring (bicyclic) bond motifs is 2. The number of rotatable bonds is 9. The van der Waals surface area contributed by atoms with Crippen LogP contribution >= 0.6 is 0 Å². The molecular weight excluding hydrogens is 668 g/mol. The second-order valence-electron chi connectivity index (χ2n) is 16.7. The first-order chi connectivity index (χ1) is 23.7. The minimum absolute atomic E-state index is 0.0630. The smallest absolute Gasteiger partial charge is 0.317 e. The fraction of sp³-hybridized carbons (Fsp3) is 0.757. The first-order valence-electron chi connectivity index (χ1n) is 17.6. The van der Waals surface area contributed by atoms with E-state index in [2.05, 4.69) is 0 Å². The molecule has 1 spiro atoms. The van der Waals surface area contributed by atoms with Gasteiger partial charge in [-0.1, -0.05) is 48.5 Å². The van der Waals surface area contributed by atoms with Gasteiger partial charge in [0.15, 0.2) is 11.7 Å². The van der Waals surface area contributed by atoms with Crippen molar-refractivity contribution in [1.82, 2.24) is 0 Å². The van der Waals surface area contributed by atoms with Crippen LogP contribution in [-0.2, 0) is 57.1 Å². The molecule has 14 nitrogen and oxygen atoms in total. The molecule has 51 heavy (non-hydrogen) atoms. The first kappa shape index (κ1) is 36.0. The summed E-state index contributed by atoms with van der Waals surface area (Å²) in [4.78, 5) is 68.6. The zero-order valence-corrected chi connectivity index (χ0v) is 30.7. The highest BCUT2D eigenvalue weighted by molar-refractivity contribution is 6.01. The van der Waals surface area contributed by atoms with Crippen molar-refractivity contribution in [2.45, 2.75) is 129 Å². The number of carbonyl (C=O) groups excluding carboxylic acids is 5. The monoisotopic (exact) mass is 716 g/mol. The molecule has 280 valence electrons. The molecule has 3 saturated carbocycles. The maximum Gasteiger partial charge on any atom is 0.317 e. The van der Waals surface area contributed by atoms with E-state index in [1.807, 2.05) is 34.6 Å². The molecule has 4 bridgehead atoms. The van der Waals surface area contributed by atoms with Gasteiger partial charge in [0.2, 0.25) is 0 Å². The summed E-state index contributed by atoms with van der Waals surface area (Å²) in [6.45, 7) is 13.4. The predicted molar refractivity (Wildman–Crippen MR) is 171 cm³/mol. The highest BCUT2D eigenvalue weighted by Crippen LogP contribution is 2.87. The van der Waals surface area contributed by atoms with Crippen LogP contribution in [0.1, 0.15) is 93.2 Å². The third kappa shape index (κ3) is 3.84. The quantitative estimate of drug-likeness (QED) is 0.222. The molecule has 6 fully saturated rings. The molecule has 0 aromatic carbocycles. The molecule has 13 unspecified atom stereocenters. The second kappa shape index (κ2) is 10.9. The lowest BCUT2D eigenvalue weighted by Crippen LogP contribution is -2.93. The van der Waals surface area contributed by atoms with Gasteiger partial charge in [0, 0.05) is 53.9 Å². The SMILES string of the molecule is CCC12OC3OC1(C1C(C(=O)C(C)C)C(=O)OC(c4ccoc4)C1(C)C)C(OC(C)=O)C1(O)C(OC(C)=O)C4(C)CC1(O3)C2(C)C4CC(=O)OC. The Morgan fingerprint density at radius 3 is 2.20 bits per heavy atom. The van der Waals surface area contributed by atoms with E-state index in [1.54, 1.807) is 19.9 Å². The highest BCUT2D eigenvalue weighted by atomic mass is 16.9. The Balaban J connectivity index is 1.62. The third-order valence-electron chi connectivity index (χ3n) is 13.9. The Morgan fingerprint density at radius 2 is 1.65 bits per heavy atom. The number of carbonyl (C=O) groups is 5. The van der Waals surface area contributed by atoms with Crippen molar-refractivity contribution in [3.63, 3.8) is 0 Å². The van der Waals surface area contributed by atoms with Crippen LogP contribution in [0.2, 0.25) is 0 Å². The van der Waals surface area contributed by atoms with Gasteiger partial charge in [-0.05, 0) is 24.8 Å². The number of aliphatic hydroxyl groups is 1. The molecule has 14 heteroatoms. The van der Waals surface area contributed by atoms with E-state index in [0.717, 1.165) is 0 Å². The van der Waals surface area contributed by atoms with E-state index < -0.39 is 117 Å². The molecule has 1 aromatic heterocycles. The van der Waals surface area contributed by atoms with Crippen LogP contribution in [0.3, 0.4) is 0 Å². The summed E-state index contributed by atoms with van der Waals surface area (Å²) in [6, 6.07) is 1.66. The van der Waals surface area contributed by atoms with Gasteiger partial charge in [-0.25, -0.2) is 0 Å². The summed E-state index contributed by atoms with van der Waals surface area (Å²) in [6.07, 6.45) is -1.23. The molecule has 7 rings (SSSR count). The van der Waals surface area contributed by atoms with Crippen LogP contribution in [0.4, 0.5) is 0 Å². The minimum atomic E-state index is -2.34. The normalized spacial score (nSPS) is 46.9. The Kier molecular flexibility index (Phi) is 7.68. The number of Topliss-reactive ketones (excluding diaryl/α,β-unsaturated/α-hetero) is 1. The van der Waals surface area contributed by atoms with E-state index >= 15 is 0 Å². The Bertz CT molecular complexity index is 1680. The van der Waals surface area contributed by atoms with Crippen LogP contribution in [0, 0.1) is 39.9 Å². The number of methoxy groups -OCH3 is 1. The largest absolute Gasteiger partial charge is 0.472 e. The Labute approximate surface area is 296 Å². The van der Waals surface area contributed by atoms with Gasteiger partial charge in [-0.15, -0.1) is 0 Å². The fourth-order valence-electron chi connectivity index (χ4n) is 12.5. The van der Waals surface area contributed by atoms with Gasteiger partial charge in [0.1, 0.15) is 40.7 Å². The third-order valence-corrected chi connectivity index (χ3v) is 13.9. The van der Waals surface area contributed by atoms with E-state index in [9.17, 15) is 29.1 Å². The molecule has 4 heterocycles. The van der Waals surface area contributed by atoms with E-state index in [0.29, 0.717) is 5.56 Å². The lowest BCUT2D eigenvalue weighted by atomic mass is 9.35. The van der Waals surface area contributed by atoms with Crippen LogP contribution in [0.5, 0.6) is 0 Å². The first-order valence-corrected chi connectivity index (χ1v) is 17.6. The number of hydrogen-bond acceptors (Lipinski definition) is 14. The average Bonchev–Trinajstić information content (AvgIpc) is 3.75. The molecule has 3 aliphatic carbocycles. The van der Waals surface area contributed by atoms with Gasteiger partial charge < -0.3 is 42.7 Å². The van der Waals surface area contributed by atoms with Crippen molar-refractivity contribution in [2.75, 3.05) is 7.11 Å². The van der Waals surface area contributed by atoms with Crippen molar-refractivity contribution in [3.05, 3.63) is 24.2 Å². The number of ether oxygens (including phenoxy) is 7. The van der Waals surface area contributed by atoms with Crippen LogP contribution in [0.15, 0.2) is 23.0 Å². The average molecular weight is 717 g/mol. The topological polar surface area (TPSA) is 183 Å². The summed E-state index contributed by atoms with van der Waals surface area (Å²) >= 11 is 0. The Hall–Kier alpha value is -3.33. The van der Waals surface area contributed by atoms with Gasteiger partial charge in [-0.2, -0.15) is 0 Å². The lowest BCUT2D eigenvalue weighted by Gasteiger charge is -2.75. The van der Waals surface area contributed by atoms with Gasteiger partial charge in [0.05, 0.1) is 19.6 Å². The Morgan fingerprint density at radius 1 is 1.00 bits per heavy atom. The number of furan rings is 1. The molecule has 6 aliphatic rings. The number of hydrogen-bond donors (Lipinski definition) is 1. The molecule has 1 aromatic rings. The summed E-state index contributed by atoms with van der Waals surface area (Å²) in [7, 11) is 1.27. The maximum atomic E-state index is 14.5. The zero-order chi connectivity index (χ0) is 37.5. The van der Waals surface area contributed by atoms with E-state index in [1.165, 1.54) is 33.5 Å². The number of cyclic esters (lactones) is 1. The van der Waals surface area contributed by atoms with Crippen molar-refractivity contribution in [3.8, 4) is 0 Å². The van der Waals surface area contributed by atoms with Crippen LogP contribution < -0.4 is 0 Å². The summed E-state index contributed by atoms with van der Waals surface area (Å²) in [5.41, 5.74) is -10.9. The molecular formula is C37H48O14. The van der Waals surface area contributed by atoms with E-state index in [4.69, 9.17) is 37.6 Å². The molecule has 1 N–H and O–H groups in total. The standard InChI is InChI=1S/C37H48O14/c1-11-34-33(9)21(14-22(40)44-10)32(8)16-35(33)36(43,28(32)46-18(4)38)29(47-19(5)39)37(34,51-30(49-34)50-35)25-23(24(41)17(2)3)27(42)48-26(31(25,6)7)20-12-13-45-15-20/h12-13,15,17,21,23,25-26,28-30,43H,11,14,16H2,1-10H3. The van der Waals surface area contributed by atoms with Crippen molar-refractivity contribution < 1.29 is 66.7 Å². The number of ketones is 1.